The third-order valence-electron chi connectivity index (χ3n) is 3.11. The van der Waals surface area contributed by atoms with Gasteiger partial charge in [-0.05, 0) is 26.3 Å². The van der Waals surface area contributed by atoms with Crippen LogP contribution in [0, 0.1) is 6.92 Å². The minimum atomic E-state index is -0.476. The van der Waals surface area contributed by atoms with Crippen molar-refractivity contribution in [1.82, 2.24) is 9.78 Å². The first-order valence-electron chi connectivity index (χ1n) is 7.11. The molecule has 1 amide bonds. The molecule has 1 N–H and O–H groups in total. The highest BCUT2D eigenvalue weighted by Gasteiger charge is 2.15. The number of rotatable bonds is 6. The summed E-state index contributed by atoms with van der Waals surface area (Å²) in [6, 6.07) is 11.9. The minimum absolute atomic E-state index is 0.161. The van der Waals surface area contributed by atoms with Crippen LogP contribution in [0.25, 0.3) is 0 Å². The van der Waals surface area contributed by atoms with Crippen LogP contribution in [-0.4, -0.2) is 28.4 Å². The Morgan fingerprint density at radius 1 is 1.38 bits per heavy atom. The van der Waals surface area contributed by atoms with Crippen LogP contribution in [0.15, 0.2) is 36.4 Å². The molecule has 0 radical (unpaired) electrons. The van der Waals surface area contributed by atoms with E-state index in [4.69, 9.17) is 4.74 Å². The summed E-state index contributed by atoms with van der Waals surface area (Å²) in [5, 5.41) is 7.30. The van der Waals surface area contributed by atoms with E-state index in [1.807, 2.05) is 50.2 Å². The number of aryl methyl sites for hydroxylation is 1. The van der Waals surface area contributed by atoms with Gasteiger partial charge < -0.3 is 10.1 Å². The molecule has 1 aromatic carbocycles. The molecular weight excluding hydrogens is 266 g/mol. The van der Waals surface area contributed by atoms with E-state index in [1.165, 1.54) is 0 Å². The Kier molecular flexibility index (Phi) is 5.11. The molecule has 1 heterocycles. The van der Waals surface area contributed by atoms with Crippen molar-refractivity contribution in [2.24, 2.45) is 0 Å². The first kappa shape index (κ1) is 15.3. The third kappa shape index (κ3) is 4.16. The fourth-order valence-electron chi connectivity index (χ4n) is 2.08. The molecule has 5 heteroatoms. The molecule has 0 spiro atoms. The monoisotopic (exact) mass is 287 g/mol. The SMILES string of the molecule is CCOC(C)C(=O)Nc1cc(C)nn1Cc1ccccc1. The van der Waals surface area contributed by atoms with Gasteiger partial charge in [-0.2, -0.15) is 5.10 Å². The van der Waals surface area contributed by atoms with E-state index in [0.717, 1.165) is 11.3 Å². The first-order valence-corrected chi connectivity index (χ1v) is 7.11. The molecule has 0 aliphatic heterocycles. The van der Waals surface area contributed by atoms with Crippen molar-refractivity contribution >= 4 is 11.7 Å². The van der Waals surface area contributed by atoms with Gasteiger partial charge in [0.05, 0.1) is 12.2 Å². The van der Waals surface area contributed by atoms with Crippen LogP contribution in [0.1, 0.15) is 25.1 Å². The number of ether oxygens (including phenoxy) is 1. The van der Waals surface area contributed by atoms with Gasteiger partial charge in [0.15, 0.2) is 0 Å². The number of carbonyl (C=O) groups excluding carboxylic acids is 1. The fourth-order valence-corrected chi connectivity index (χ4v) is 2.08. The van der Waals surface area contributed by atoms with Crippen LogP contribution < -0.4 is 5.32 Å². The van der Waals surface area contributed by atoms with Crippen LogP contribution >= 0.6 is 0 Å². The molecule has 1 aromatic heterocycles. The summed E-state index contributed by atoms with van der Waals surface area (Å²) in [5.41, 5.74) is 2.00. The number of anilines is 1. The van der Waals surface area contributed by atoms with E-state index in [9.17, 15) is 4.79 Å². The third-order valence-corrected chi connectivity index (χ3v) is 3.11. The van der Waals surface area contributed by atoms with Gasteiger partial charge in [0.2, 0.25) is 0 Å². The van der Waals surface area contributed by atoms with Crippen LogP contribution in [0.3, 0.4) is 0 Å². The van der Waals surface area contributed by atoms with Crippen molar-refractivity contribution in [1.29, 1.82) is 0 Å². The highest BCUT2D eigenvalue weighted by Crippen LogP contribution is 2.13. The van der Waals surface area contributed by atoms with Crippen molar-refractivity contribution in [2.45, 2.75) is 33.4 Å². The molecule has 1 atom stereocenters. The van der Waals surface area contributed by atoms with Gasteiger partial charge in [-0.1, -0.05) is 30.3 Å². The van der Waals surface area contributed by atoms with E-state index >= 15 is 0 Å². The van der Waals surface area contributed by atoms with Crippen molar-refractivity contribution in [3.05, 3.63) is 47.7 Å². The molecule has 0 fully saturated rings. The molecule has 112 valence electrons. The van der Waals surface area contributed by atoms with Gasteiger partial charge in [-0.15, -0.1) is 0 Å². The number of nitrogens with zero attached hydrogens (tertiary/aromatic N) is 2. The summed E-state index contributed by atoms with van der Waals surface area (Å²) < 4.78 is 7.09. The summed E-state index contributed by atoms with van der Waals surface area (Å²) in [7, 11) is 0. The van der Waals surface area contributed by atoms with Gasteiger partial charge in [0.1, 0.15) is 11.9 Å². The summed E-state index contributed by atoms with van der Waals surface area (Å²) >= 11 is 0. The minimum Gasteiger partial charge on any atom is -0.369 e. The van der Waals surface area contributed by atoms with E-state index in [0.29, 0.717) is 19.0 Å². The highest BCUT2D eigenvalue weighted by molar-refractivity contribution is 5.93. The predicted molar refractivity (Wildman–Crippen MR) is 82.2 cm³/mol. The van der Waals surface area contributed by atoms with E-state index in [2.05, 4.69) is 10.4 Å². The van der Waals surface area contributed by atoms with Gasteiger partial charge in [0, 0.05) is 12.7 Å². The molecule has 5 nitrogen and oxygen atoms in total. The number of benzene rings is 1. The Bertz CT molecular complexity index is 593. The van der Waals surface area contributed by atoms with E-state index < -0.39 is 6.10 Å². The predicted octanol–water partition coefficient (Wildman–Crippen LogP) is 2.60. The largest absolute Gasteiger partial charge is 0.369 e. The van der Waals surface area contributed by atoms with Crippen molar-refractivity contribution in [2.75, 3.05) is 11.9 Å². The Balaban J connectivity index is 2.12. The fraction of sp³-hybridized carbons (Fsp3) is 0.375. The average molecular weight is 287 g/mol. The molecule has 2 aromatic rings. The molecule has 0 aliphatic carbocycles. The number of aromatic nitrogens is 2. The first-order chi connectivity index (χ1) is 10.1. The Hall–Kier alpha value is -2.14. The molecule has 0 saturated carbocycles. The van der Waals surface area contributed by atoms with Crippen molar-refractivity contribution in [3.8, 4) is 0 Å². The number of hydrogen-bond donors (Lipinski definition) is 1. The second kappa shape index (κ2) is 7.04. The zero-order valence-electron chi connectivity index (χ0n) is 12.7. The molecule has 1 unspecified atom stereocenters. The Labute approximate surface area is 124 Å². The van der Waals surface area contributed by atoms with Gasteiger partial charge in [-0.25, -0.2) is 4.68 Å². The van der Waals surface area contributed by atoms with Gasteiger partial charge in [0.25, 0.3) is 5.91 Å². The molecular formula is C16H21N3O2. The average Bonchev–Trinajstić information content (AvgIpc) is 2.80. The van der Waals surface area contributed by atoms with Crippen LogP contribution in [0.5, 0.6) is 0 Å². The maximum atomic E-state index is 12.0. The second-order valence-electron chi connectivity index (χ2n) is 4.90. The van der Waals surface area contributed by atoms with Gasteiger partial charge in [-0.3, -0.25) is 4.79 Å². The quantitative estimate of drug-likeness (QED) is 0.888. The normalized spacial score (nSPS) is 12.1. The van der Waals surface area contributed by atoms with E-state index in [-0.39, 0.29) is 5.91 Å². The molecule has 0 bridgehead atoms. The second-order valence-corrected chi connectivity index (χ2v) is 4.90. The maximum Gasteiger partial charge on any atom is 0.254 e. The summed E-state index contributed by atoms with van der Waals surface area (Å²) in [5.74, 6) is 0.527. The zero-order valence-corrected chi connectivity index (χ0v) is 12.7. The van der Waals surface area contributed by atoms with Gasteiger partial charge >= 0.3 is 0 Å². The number of nitrogens with one attached hydrogen (secondary N) is 1. The lowest BCUT2D eigenvalue weighted by Crippen LogP contribution is -2.28. The smallest absolute Gasteiger partial charge is 0.254 e. The Morgan fingerprint density at radius 3 is 2.76 bits per heavy atom. The lowest BCUT2D eigenvalue weighted by Gasteiger charge is -2.13. The van der Waals surface area contributed by atoms with Crippen LogP contribution in [0.4, 0.5) is 5.82 Å². The molecule has 2 rings (SSSR count). The lowest BCUT2D eigenvalue weighted by molar-refractivity contribution is -0.126. The summed E-state index contributed by atoms with van der Waals surface area (Å²) in [6.07, 6.45) is -0.476. The van der Waals surface area contributed by atoms with Crippen molar-refractivity contribution < 1.29 is 9.53 Å². The summed E-state index contributed by atoms with van der Waals surface area (Å²) in [4.78, 5) is 12.0. The zero-order chi connectivity index (χ0) is 15.2. The van der Waals surface area contributed by atoms with E-state index in [1.54, 1.807) is 11.6 Å². The molecule has 21 heavy (non-hydrogen) atoms. The topological polar surface area (TPSA) is 56.1 Å². The highest BCUT2D eigenvalue weighted by atomic mass is 16.5. The number of hydrogen-bond acceptors (Lipinski definition) is 3. The maximum absolute atomic E-state index is 12.0. The Morgan fingerprint density at radius 2 is 2.10 bits per heavy atom. The van der Waals surface area contributed by atoms with Crippen LogP contribution in [0.2, 0.25) is 0 Å². The standard InChI is InChI=1S/C16H21N3O2/c1-4-21-13(3)16(20)17-15-10-12(2)18-19(15)11-14-8-6-5-7-9-14/h5-10,13H,4,11H2,1-3H3,(H,17,20). The van der Waals surface area contributed by atoms with Crippen LogP contribution in [-0.2, 0) is 16.1 Å². The number of carbonyl (C=O) groups is 1. The van der Waals surface area contributed by atoms with Crippen molar-refractivity contribution in [3.63, 3.8) is 0 Å². The number of amides is 1. The summed E-state index contributed by atoms with van der Waals surface area (Å²) in [6.45, 7) is 6.64. The molecule has 0 aliphatic rings. The lowest BCUT2D eigenvalue weighted by atomic mass is 10.2. The molecule has 0 saturated heterocycles.